The van der Waals surface area contributed by atoms with Gasteiger partial charge in [-0.15, -0.1) is 11.6 Å². The zero-order chi connectivity index (χ0) is 8.27. The van der Waals surface area contributed by atoms with E-state index >= 15 is 0 Å². The minimum absolute atomic E-state index is 0.598. The zero-order valence-electron chi connectivity index (χ0n) is 6.40. The number of halogens is 2. The highest BCUT2D eigenvalue weighted by molar-refractivity contribution is 9.10. The van der Waals surface area contributed by atoms with Crippen LogP contribution < -0.4 is 0 Å². The molecule has 0 aliphatic rings. The monoisotopic (exact) mass is 232 g/mol. The number of hydrogen-bond donors (Lipinski definition) is 0. The van der Waals surface area contributed by atoms with Crippen molar-refractivity contribution < 1.29 is 0 Å². The normalized spacial score (nSPS) is 10.1. The molecule has 0 radical (unpaired) electrons. The topological polar surface area (TPSA) is 0 Å². The quantitative estimate of drug-likeness (QED) is 0.683. The second-order valence-corrected chi connectivity index (χ2v) is 3.53. The van der Waals surface area contributed by atoms with Gasteiger partial charge in [0.25, 0.3) is 0 Å². The highest BCUT2D eigenvalue weighted by atomic mass is 79.9. The number of hydrogen-bond acceptors (Lipinski definition) is 0. The Morgan fingerprint density at radius 1 is 1.45 bits per heavy atom. The fraction of sp³-hybridized carbons (Fsp3) is 0.333. The molecular weight excluding hydrogens is 223 g/mol. The Balaban J connectivity index is 3.02. The molecule has 0 unspecified atom stereocenters. The molecule has 0 nitrogen and oxygen atoms in total. The Hall–Kier alpha value is -0.0100. The van der Waals surface area contributed by atoms with Crippen LogP contribution in [0.3, 0.4) is 0 Å². The van der Waals surface area contributed by atoms with Crippen LogP contribution in [0.15, 0.2) is 22.7 Å². The predicted octanol–water partition coefficient (Wildman–Crippen LogP) is 3.75. The summed E-state index contributed by atoms with van der Waals surface area (Å²) >= 11 is 9.17. The van der Waals surface area contributed by atoms with Crippen LogP contribution in [0, 0.1) is 0 Å². The molecule has 0 saturated heterocycles. The highest BCUT2D eigenvalue weighted by Gasteiger charge is 1.97. The molecule has 0 heterocycles. The second-order valence-electron chi connectivity index (χ2n) is 2.41. The Morgan fingerprint density at radius 2 is 2.18 bits per heavy atom. The molecule has 0 aromatic heterocycles. The average Bonchev–Trinajstić information content (AvgIpc) is 2.05. The molecule has 0 saturated carbocycles. The Labute approximate surface area is 80.7 Å². The van der Waals surface area contributed by atoms with Crippen molar-refractivity contribution in [3.8, 4) is 0 Å². The first kappa shape index (κ1) is 9.08. The average molecular weight is 234 g/mol. The van der Waals surface area contributed by atoms with E-state index in [1.807, 2.05) is 6.07 Å². The van der Waals surface area contributed by atoms with E-state index in [4.69, 9.17) is 11.6 Å². The molecule has 11 heavy (non-hydrogen) atoms. The van der Waals surface area contributed by atoms with E-state index in [2.05, 4.69) is 35.0 Å². The summed E-state index contributed by atoms with van der Waals surface area (Å²) in [5.74, 6) is 0.598. The SMILES string of the molecule is CCc1cc(CCl)ccc1Br. The summed E-state index contributed by atoms with van der Waals surface area (Å²) in [5, 5.41) is 0. The van der Waals surface area contributed by atoms with Crippen molar-refractivity contribution in [2.24, 2.45) is 0 Å². The molecule has 0 aliphatic carbocycles. The summed E-state index contributed by atoms with van der Waals surface area (Å²) in [6.45, 7) is 2.14. The maximum atomic E-state index is 5.69. The van der Waals surface area contributed by atoms with Gasteiger partial charge in [0, 0.05) is 10.4 Å². The van der Waals surface area contributed by atoms with Gasteiger partial charge in [-0.25, -0.2) is 0 Å². The van der Waals surface area contributed by atoms with Gasteiger partial charge in [-0.1, -0.05) is 35.0 Å². The summed E-state index contributed by atoms with van der Waals surface area (Å²) in [7, 11) is 0. The first-order valence-corrected chi connectivity index (χ1v) is 4.94. The van der Waals surface area contributed by atoms with Crippen LogP contribution in [0.25, 0.3) is 0 Å². The fourth-order valence-corrected chi connectivity index (χ4v) is 1.68. The lowest BCUT2D eigenvalue weighted by Crippen LogP contribution is -1.85. The smallest absolute Gasteiger partial charge is 0.0474 e. The van der Waals surface area contributed by atoms with Gasteiger partial charge in [-0.3, -0.25) is 0 Å². The van der Waals surface area contributed by atoms with Crippen LogP contribution in [0.4, 0.5) is 0 Å². The van der Waals surface area contributed by atoms with E-state index in [1.165, 1.54) is 15.6 Å². The molecule has 1 rings (SSSR count). The van der Waals surface area contributed by atoms with Crippen LogP contribution in [-0.2, 0) is 12.3 Å². The molecule has 1 aromatic rings. The third-order valence-corrected chi connectivity index (χ3v) is 2.73. The molecule has 0 spiro atoms. The van der Waals surface area contributed by atoms with E-state index in [-0.39, 0.29) is 0 Å². The minimum atomic E-state index is 0.598. The first-order valence-electron chi connectivity index (χ1n) is 3.61. The molecule has 0 fully saturated rings. The van der Waals surface area contributed by atoms with Crippen LogP contribution in [0.2, 0.25) is 0 Å². The van der Waals surface area contributed by atoms with Gasteiger partial charge >= 0.3 is 0 Å². The summed E-state index contributed by atoms with van der Waals surface area (Å²) in [6, 6.07) is 6.23. The Morgan fingerprint density at radius 3 is 2.73 bits per heavy atom. The van der Waals surface area contributed by atoms with Gasteiger partial charge in [-0.2, -0.15) is 0 Å². The van der Waals surface area contributed by atoms with Crippen LogP contribution in [0.5, 0.6) is 0 Å². The lowest BCUT2D eigenvalue weighted by Gasteiger charge is -2.02. The zero-order valence-corrected chi connectivity index (χ0v) is 8.74. The maximum absolute atomic E-state index is 5.69. The summed E-state index contributed by atoms with van der Waals surface area (Å²) in [4.78, 5) is 0. The van der Waals surface area contributed by atoms with E-state index in [0.29, 0.717) is 5.88 Å². The van der Waals surface area contributed by atoms with Gasteiger partial charge < -0.3 is 0 Å². The molecule has 0 bridgehead atoms. The van der Waals surface area contributed by atoms with Crippen LogP contribution >= 0.6 is 27.5 Å². The molecule has 60 valence electrons. The number of rotatable bonds is 2. The van der Waals surface area contributed by atoms with E-state index in [1.54, 1.807) is 0 Å². The highest BCUT2D eigenvalue weighted by Crippen LogP contribution is 2.19. The molecule has 0 aliphatic heterocycles. The number of alkyl halides is 1. The van der Waals surface area contributed by atoms with E-state index < -0.39 is 0 Å². The van der Waals surface area contributed by atoms with E-state index in [0.717, 1.165) is 6.42 Å². The minimum Gasteiger partial charge on any atom is -0.122 e. The molecule has 0 amide bonds. The first-order chi connectivity index (χ1) is 5.27. The summed E-state index contributed by atoms with van der Waals surface area (Å²) < 4.78 is 1.17. The van der Waals surface area contributed by atoms with Crippen molar-refractivity contribution in [2.75, 3.05) is 0 Å². The molecule has 2 heteroatoms. The van der Waals surface area contributed by atoms with Crippen molar-refractivity contribution >= 4 is 27.5 Å². The lowest BCUT2D eigenvalue weighted by atomic mass is 10.1. The summed E-state index contributed by atoms with van der Waals surface area (Å²) in [5.41, 5.74) is 2.51. The van der Waals surface area contributed by atoms with Gasteiger partial charge in [0.15, 0.2) is 0 Å². The van der Waals surface area contributed by atoms with Crippen LogP contribution in [0.1, 0.15) is 18.1 Å². The van der Waals surface area contributed by atoms with Crippen molar-refractivity contribution in [1.82, 2.24) is 0 Å². The third kappa shape index (κ3) is 2.21. The van der Waals surface area contributed by atoms with Crippen molar-refractivity contribution in [1.29, 1.82) is 0 Å². The number of aryl methyl sites for hydroxylation is 1. The maximum Gasteiger partial charge on any atom is 0.0474 e. The van der Waals surface area contributed by atoms with Gasteiger partial charge in [0.05, 0.1) is 0 Å². The Bertz CT molecular complexity index is 245. The molecular formula is C9H10BrCl. The molecule has 0 N–H and O–H groups in total. The third-order valence-electron chi connectivity index (χ3n) is 1.65. The lowest BCUT2D eigenvalue weighted by molar-refractivity contribution is 1.11. The molecule has 0 atom stereocenters. The Kier molecular flexibility index (Phi) is 3.41. The largest absolute Gasteiger partial charge is 0.122 e. The van der Waals surface area contributed by atoms with Gasteiger partial charge in [0.2, 0.25) is 0 Å². The summed E-state index contributed by atoms with van der Waals surface area (Å²) in [6.07, 6.45) is 1.05. The fourth-order valence-electron chi connectivity index (χ4n) is 0.982. The predicted molar refractivity (Wildman–Crippen MR) is 53.1 cm³/mol. The van der Waals surface area contributed by atoms with Crippen LogP contribution in [-0.4, -0.2) is 0 Å². The van der Waals surface area contributed by atoms with Crippen molar-refractivity contribution in [3.05, 3.63) is 33.8 Å². The standard InChI is InChI=1S/C9H10BrCl/c1-2-8-5-7(6-11)3-4-9(8)10/h3-5H,2,6H2,1H3. The van der Waals surface area contributed by atoms with E-state index in [9.17, 15) is 0 Å². The van der Waals surface area contributed by atoms with Crippen molar-refractivity contribution in [2.45, 2.75) is 19.2 Å². The van der Waals surface area contributed by atoms with Crippen molar-refractivity contribution in [3.63, 3.8) is 0 Å². The van der Waals surface area contributed by atoms with Gasteiger partial charge in [0.1, 0.15) is 0 Å². The van der Waals surface area contributed by atoms with Gasteiger partial charge in [-0.05, 0) is 23.6 Å². The second kappa shape index (κ2) is 4.13. The number of benzene rings is 1. The molecule has 1 aromatic carbocycles.